The van der Waals surface area contributed by atoms with Crippen LogP contribution in [0.1, 0.15) is 29.1 Å². The quantitative estimate of drug-likeness (QED) is 0.511. The largest absolute Gasteiger partial charge is 0.359 e. The van der Waals surface area contributed by atoms with Gasteiger partial charge in [0.2, 0.25) is 5.95 Å². The fourth-order valence-electron chi connectivity index (χ4n) is 4.53. The smallest absolute Gasteiger partial charge is 0.272 e. The highest BCUT2D eigenvalue weighted by Gasteiger charge is 2.28. The molecule has 0 unspecified atom stereocenters. The Bertz CT molecular complexity index is 1340. The molecule has 2 aliphatic heterocycles. The van der Waals surface area contributed by atoms with E-state index in [1.54, 1.807) is 6.07 Å². The van der Waals surface area contributed by atoms with E-state index < -0.39 is 0 Å². The monoisotopic (exact) mass is 498 g/mol. The highest BCUT2D eigenvalue weighted by molar-refractivity contribution is 6.06. The van der Waals surface area contributed by atoms with Crippen molar-refractivity contribution >= 4 is 23.5 Å². The first kappa shape index (κ1) is 23.4. The maximum absolute atomic E-state index is 13.3. The number of hydrogen-bond acceptors (Lipinski definition) is 9. The summed E-state index contributed by atoms with van der Waals surface area (Å²) in [6, 6.07) is 13.5. The van der Waals surface area contributed by atoms with Crippen LogP contribution in [0.15, 0.2) is 63.6 Å². The third-order valence-corrected chi connectivity index (χ3v) is 6.90. The lowest BCUT2D eigenvalue weighted by Gasteiger charge is -2.32. The van der Waals surface area contributed by atoms with E-state index in [-0.39, 0.29) is 5.91 Å². The van der Waals surface area contributed by atoms with Crippen molar-refractivity contribution in [2.75, 3.05) is 50.4 Å². The van der Waals surface area contributed by atoms with Crippen molar-refractivity contribution in [1.29, 1.82) is 0 Å². The van der Waals surface area contributed by atoms with Gasteiger partial charge in [-0.15, -0.1) is 0 Å². The lowest BCUT2D eigenvalue weighted by molar-refractivity contribution is 0.0658. The van der Waals surface area contributed by atoms with Gasteiger partial charge in [-0.05, 0) is 37.5 Å². The van der Waals surface area contributed by atoms with Crippen LogP contribution in [0.25, 0.3) is 11.3 Å². The van der Waals surface area contributed by atoms with Gasteiger partial charge in [0.1, 0.15) is 23.0 Å². The van der Waals surface area contributed by atoms with Crippen LogP contribution < -0.4 is 10.6 Å². The molecule has 2 N–H and O–H groups in total. The first-order valence-electron chi connectivity index (χ1n) is 12.7. The van der Waals surface area contributed by atoms with Gasteiger partial charge >= 0.3 is 0 Å². The summed E-state index contributed by atoms with van der Waals surface area (Å²) in [7, 11) is 2.06. The van der Waals surface area contributed by atoms with Gasteiger partial charge in [0.25, 0.3) is 5.91 Å². The molecule has 1 aromatic carbocycles. The van der Waals surface area contributed by atoms with Crippen molar-refractivity contribution in [3.63, 3.8) is 0 Å². The fourth-order valence-corrected chi connectivity index (χ4v) is 4.53. The number of likely N-dealkylation sites (N-methyl/N-ethyl adjacent to an activating group) is 1. The molecular weight excluding hydrogens is 468 g/mol. The Morgan fingerprint density at radius 1 is 1.08 bits per heavy atom. The minimum atomic E-state index is -0.102. The Morgan fingerprint density at radius 3 is 2.68 bits per heavy atom. The number of carbonyl (C=O) groups excluding carboxylic acids is 1. The standard InChI is InChI=1S/C27H30N8O2/c1-34-9-11-35(12-10-34)26(36)23-15-25(31-24-13-20(16-28-24)18-7-8-18)32-27(30-23)29-17-21-14-22(33-37-21)19-5-3-2-4-6-19/h2-6,13-15,18H,7-12,16-17H2,1H3,(H2,28,29,30,31,32). The summed E-state index contributed by atoms with van der Waals surface area (Å²) in [5, 5.41) is 10.7. The number of rotatable bonds is 7. The number of amidine groups is 1. The van der Waals surface area contributed by atoms with E-state index in [4.69, 9.17) is 4.52 Å². The second kappa shape index (κ2) is 10.1. The predicted octanol–water partition coefficient (Wildman–Crippen LogP) is 3.29. The van der Waals surface area contributed by atoms with E-state index >= 15 is 0 Å². The SMILES string of the molecule is CN1CCN(C(=O)c2cc(NC3=NCC(C4CC4)=C3)nc(NCc3cc(-c4ccccc4)no3)n2)CC1. The van der Waals surface area contributed by atoms with Gasteiger partial charge in [0.15, 0.2) is 5.76 Å². The minimum absolute atomic E-state index is 0.102. The van der Waals surface area contributed by atoms with Crippen LogP contribution in [0.5, 0.6) is 0 Å². The molecule has 3 aliphatic rings. The van der Waals surface area contributed by atoms with Gasteiger partial charge < -0.3 is 25.0 Å². The Morgan fingerprint density at radius 2 is 1.89 bits per heavy atom. The van der Waals surface area contributed by atoms with Crippen LogP contribution in [0, 0.1) is 5.92 Å². The molecule has 1 saturated carbocycles. The molecule has 0 spiro atoms. The molecule has 1 aliphatic carbocycles. The Labute approximate surface area is 215 Å². The Hall–Kier alpha value is -4.05. The number of amides is 1. The first-order valence-corrected chi connectivity index (χ1v) is 12.7. The highest BCUT2D eigenvalue weighted by atomic mass is 16.5. The number of nitrogens with zero attached hydrogens (tertiary/aromatic N) is 6. The van der Waals surface area contributed by atoms with E-state index in [2.05, 4.69) is 48.8 Å². The number of benzene rings is 1. The van der Waals surface area contributed by atoms with E-state index in [1.807, 2.05) is 41.3 Å². The zero-order chi connectivity index (χ0) is 25.2. The molecule has 2 fully saturated rings. The van der Waals surface area contributed by atoms with Crippen LogP contribution in [0.3, 0.4) is 0 Å². The van der Waals surface area contributed by atoms with Crippen LogP contribution in [-0.4, -0.2) is 76.4 Å². The molecule has 6 rings (SSSR count). The number of anilines is 2. The molecule has 37 heavy (non-hydrogen) atoms. The lowest BCUT2D eigenvalue weighted by atomic mass is 10.1. The van der Waals surface area contributed by atoms with Gasteiger partial charge in [-0.1, -0.05) is 35.5 Å². The summed E-state index contributed by atoms with van der Waals surface area (Å²) in [6.07, 6.45) is 4.59. The first-order chi connectivity index (χ1) is 18.1. The third kappa shape index (κ3) is 5.54. The van der Waals surface area contributed by atoms with Crippen LogP contribution in [0.4, 0.5) is 11.8 Å². The summed E-state index contributed by atoms with van der Waals surface area (Å²) in [5.74, 6) is 2.85. The van der Waals surface area contributed by atoms with Crippen molar-refractivity contribution < 1.29 is 9.32 Å². The zero-order valence-corrected chi connectivity index (χ0v) is 20.9. The molecule has 0 bridgehead atoms. The lowest BCUT2D eigenvalue weighted by Crippen LogP contribution is -2.47. The molecule has 10 heteroatoms. The number of aliphatic imine (C=N–C) groups is 1. The van der Waals surface area contributed by atoms with Gasteiger partial charge in [-0.2, -0.15) is 4.98 Å². The van der Waals surface area contributed by atoms with E-state index in [9.17, 15) is 4.79 Å². The maximum atomic E-state index is 13.3. The van der Waals surface area contributed by atoms with Crippen molar-refractivity contribution in [1.82, 2.24) is 24.9 Å². The third-order valence-electron chi connectivity index (χ3n) is 6.90. The molecule has 0 radical (unpaired) electrons. The predicted molar refractivity (Wildman–Crippen MR) is 141 cm³/mol. The molecule has 2 aromatic heterocycles. The molecule has 4 heterocycles. The second-order valence-electron chi connectivity index (χ2n) is 9.78. The van der Waals surface area contributed by atoms with Gasteiger partial charge in [0, 0.05) is 43.9 Å². The number of nitrogens with one attached hydrogen (secondary N) is 2. The summed E-state index contributed by atoms with van der Waals surface area (Å²) in [6.45, 7) is 4.09. The highest BCUT2D eigenvalue weighted by Crippen LogP contribution is 2.37. The number of hydrogen-bond donors (Lipinski definition) is 2. The van der Waals surface area contributed by atoms with Crippen molar-refractivity contribution in [3.05, 3.63) is 65.6 Å². The molecule has 1 amide bonds. The average Bonchev–Trinajstić information content (AvgIpc) is 3.48. The van der Waals surface area contributed by atoms with E-state index in [0.717, 1.165) is 36.7 Å². The Balaban J connectivity index is 1.20. The van der Waals surface area contributed by atoms with Crippen molar-refractivity contribution in [2.24, 2.45) is 10.9 Å². The van der Waals surface area contributed by atoms with Gasteiger partial charge in [-0.25, -0.2) is 4.98 Å². The van der Waals surface area contributed by atoms with E-state index in [0.29, 0.717) is 48.8 Å². The summed E-state index contributed by atoms with van der Waals surface area (Å²) < 4.78 is 5.51. The second-order valence-corrected chi connectivity index (χ2v) is 9.78. The zero-order valence-electron chi connectivity index (χ0n) is 20.9. The van der Waals surface area contributed by atoms with Crippen molar-refractivity contribution in [2.45, 2.75) is 19.4 Å². The number of aromatic nitrogens is 3. The van der Waals surface area contributed by atoms with Crippen LogP contribution in [-0.2, 0) is 6.54 Å². The van der Waals surface area contributed by atoms with Crippen LogP contribution in [0.2, 0.25) is 0 Å². The molecule has 0 atom stereocenters. The van der Waals surface area contributed by atoms with Gasteiger partial charge in [-0.3, -0.25) is 9.79 Å². The molecule has 190 valence electrons. The molecule has 3 aromatic rings. The maximum Gasteiger partial charge on any atom is 0.272 e. The summed E-state index contributed by atoms with van der Waals surface area (Å²) >= 11 is 0. The van der Waals surface area contributed by atoms with Crippen molar-refractivity contribution in [3.8, 4) is 11.3 Å². The molecular formula is C27H30N8O2. The minimum Gasteiger partial charge on any atom is -0.359 e. The summed E-state index contributed by atoms with van der Waals surface area (Å²) in [5.41, 5.74) is 3.45. The van der Waals surface area contributed by atoms with Crippen LogP contribution >= 0.6 is 0 Å². The number of carbonyl (C=O) groups is 1. The number of piperazine rings is 1. The topological polar surface area (TPSA) is 112 Å². The molecule has 1 saturated heterocycles. The van der Waals surface area contributed by atoms with Gasteiger partial charge in [0.05, 0.1) is 13.1 Å². The fraction of sp³-hybridized carbons (Fsp3) is 0.370. The summed E-state index contributed by atoms with van der Waals surface area (Å²) in [4.78, 5) is 31.2. The van der Waals surface area contributed by atoms with E-state index in [1.165, 1.54) is 18.4 Å². The Kier molecular flexibility index (Phi) is 6.40. The molecule has 10 nitrogen and oxygen atoms in total. The normalized spacial score (nSPS) is 17.9. The average molecular weight is 499 g/mol.